The fourth-order valence-electron chi connectivity index (χ4n) is 5.60. The number of piperazine rings is 1. The van der Waals surface area contributed by atoms with Crippen LogP contribution in [-0.4, -0.2) is 113 Å². The van der Waals surface area contributed by atoms with Crippen molar-refractivity contribution in [3.8, 4) is 0 Å². The predicted octanol–water partition coefficient (Wildman–Crippen LogP) is 3.07. The predicted molar refractivity (Wildman–Crippen MR) is 151 cm³/mol. The minimum Gasteiger partial charge on any atom is -0.465 e. The van der Waals surface area contributed by atoms with Crippen molar-refractivity contribution in [2.45, 2.75) is 45.1 Å². The third-order valence-corrected chi connectivity index (χ3v) is 7.86. The molecule has 14 nitrogen and oxygen atoms in total. The van der Waals surface area contributed by atoms with Gasteiger partial charge in [0.25, 0.3) is 5.91 Å². The van der Waals surface area contributed by atoms with Crippen LogP contribution in [0.3, 0.4) is 0 Å². The third kappa shape index (κ3) is 6.01. The molecule has 1 atom stereocenters. The van der Waals surface area contributed by atoms with E-state index in [1.807, 2.05) is 11.9 Å². The van der Waals surface area contributed by atoms with Crippen molar-refractivity contribution in [2.75, 3.05) is 62.1 Å². The molecule has 240 valence electrons. The van der Waals surface area contributed by atoms with E-state index in [4.69, 9.17) is 4.74 Å². The molecule has 2 aromatic rings. The number of carboxylic acid groups (broad SMARTS) is 2. The van der Waals surface area contributed by atoms with E-state index in [0.717, 1.165) is 4.90 Å². The van der Waals surface area contributed by atoms with Crippen LogP contribution in [0.25, 0.3) is 0 Å². The number of halogens is 3. The van der Waals surface area contributed by atoms with Gasteiger partial charge in [0.2, 0.25) is 0 Å². The number of hydrogen-bond acceptors (Lipinski definition) is 8. The number of fused-ring (bicyclic) bond motifs is 1. The van der Waals surface area contributed by atoms with Gasteiger partial charge < -0.3 is 30.1 Å². The Hall–Kier alpha value is -4.38. The molecule has 0 aliphatic carbocycles. The van der Waals surface area contributed by atoms with Gasteiger partial charge in [-0.1, -0.05) is 0 Å². The smallest absolute Gasteiger partial charge is 0.465 e. The number of likely N-dealkylation sites (N-methyl/N-ethyl adjacent to an activating group) is 1. The molecular weight excluding hydrogens is 591 g/mol. The van der Waals surface area contributed by atoms with Gasteiger partial charge in [0, 0.05) is 44.5 Å². The lowest BCUT2D eigenvalue weighted by Gasteiger charge is -2.36. The topological polar surface area (TPSA) is 161 Å². The average Bonchev–Trinajstić information content (AvgIpc) is 3.43. The molecule has 3 amide bonds. The first kappa shape index (κ1) is 32.5. The zero-order chi connectivity index (χ0) is 32.7. The second-order valence-electron chi connectivity index (χ2n) is 11.2. The maximum atomic E-state index is 13.9. The second-order valence-corrected chi connectivity index (χ2v) is 11.2. The van der Waals surface area contributed by atoms with E-state index >= 15 is 0 Å². The Morgan fingerprint density at radius 1 is 1.11 bits per heavy atom. The molecule has 2 aliphatic heterocycles. The summed E-state index contributed by atoms with van der Waals surface area (Å²) in [6.45, 7) is 6.19. The summed E-state index contributed by atoms with van der Waals surface area (Å²) in [5.74, 6) is -3.47. The van der Waals surface area contributed by atoms with Crippen molar-refractivity contribution in [1.29, 1.82) is 0 Å². The highest BCUT2D eigenvalue weighted by atomic mass is 19.4. The number of aromatic nitrogens is 2. The highest BCUT2D eigenvalue weighted by Gasteiger charge is 2.48. The molecule has 0 radical (unpaired) electrons. The summed E-state index contributed by atoms with van der Waals surface area (Å²) in [4.78, 5) is 55.9. The lowest BCUT2D eigenvalue weighted by Crippen LogP contribution is -2.49. The number of rotatable bonds is 7. The van der Waals surface area contributed by atoms with E-state index in [1.165, 1.54) is 40.0 Å². The summed E-state index contributed by atoms with van der Waals surface area (Å²) in [6, 6.07) is 3.03. The van der Waals surface area contributed by atoms with Crippen LogP contribution in [0.4, 0.5) is 40.0 Å². The number of benzene rings is 1. The van der Waals surface area contributed by atoms with Gasteiger partial charge in [-0.25, -0.2) is 9.59 Å². The van der Waals surface area contributed by atoms with Crippen LogP contribution in [0.15, 0.2) is 18.2 Å². The molecular formula is C27H34F3N7O7. The van der Waals surface area contributed by atoms with Crippen LogP contribution in [-0.2, 0) is 21.6 Å². The van der Waals surface area contributed by atoms with Gasteiger partial charge in [0.05, 0.1) is 41.7 Å². The molecule has 0 bridgehead atoms. The van der Waals surface area contributed by atoms with E-state index in [9.17, 15) is 42.6 Å². The Bertz CT molecular complexity index is 1470. The Balaban J connectivity index is 1.83. The van der Waals surface area contributed by atoms with Gasteiger partial charge in [0.1, 0.15) is 0 Å². The van der Waals surface area contributed by atoms with Crippen LogP contribution >= 0.6 is 0 Å². The summed E-state index contributed by atoms with van der Waals surface area (Å²) in [6.07, 6.45) is -8.16. The SMILES string of the molecule is COC[C@H](C)N(C(=O)C(F)(F)F)c1cc(N2CCN(C)CC2)ccc1C(=O)Nc1nn(C(=O)O)c2c1CN(C(=O)O)C2(C)C. The standard InChI is InChI=1S/C27H34F3N7O7/c1-15(14-44-5)36(23(39)27(28,29)30)19-12-16(34-10-8-33(4)9-11-34)6-7-17(19)22(38)31-21-18-13-35(24(40)41)26(2,3)20(18)37(32-21)25(42)43/h6-7,12,15H,8-11,13-14H2,1-5H3,(H,40,41)(H,42,43)(H,31,32,38)/t15-/m0/s1. The number of hydrogen-bond donors (Lipinski definition) is 3. The maximum absolute atomic E-state index is 13.9. The summed E-state index contributed by atoms with van der Waals surface area (Å²) >= 11 is 0. The zero-order valence-electron chi connectivity index (χ0n) is 24.8. The molecule has 1 aromatic carbocycles. The summed E-state index contributed by atoms with van der Waals surface area (Å²) < 4.78 is 47.3. The van der Waals surface area contributed by atoms with Crippen LogP contribution in [0.1, 0.15) is 42.4 Å². The molecule has 1 fully saturated rings. The highest BCUT2D eigenvalue weighted by Crippen LogP contribution is 2.42. The first-order chi connectivity index (χ1) is 20.5. The quantitative estimate of drug-likeness (QED) is 0.417. The summed E-state index contributed by atoms with van der Waals surface area (Å²) in [7, 11) is 3.20. The largest absolute Gasteiger partial charge is 0.471 e. The summed E-state index contributed by atoms with van der Waals surface area (Å²) in [5.41, 5.74) is -1.39. The number of anilines is 3. The number of carbonyl (C=O) groups excluding carboxylic acids is 2. The fraction of sp³-hybridized carbons (Fsp3) is 0.519. The second kappa shape index (κ2) is 12.0. The van der Waals surface area contributed by atoms with Crippen LogP contribution in [0.5, 0.6) is 0 Å². The molecule has 0 saturated carbocycles. The van der Waals surface area contributed by atoms with Crippen molar-refractivity contribution in [3.63, 3.8) is 0 Å². The third-order valence-electron chi connectivity index (χ3n) is 7.86. The van der Waals surface area contributed by atoms with E-state index in [2.05, 4.69) is 15.3 Å². The zero-order valence-corrected chi connectivity index (χ0v) is 24.8. The molecule has 4 rings (SSSR count). The average molecular weight is 626 g/mol. The fourth-order valence-corrected chi connectivity index (χ4v) is 5.60. The van der Waals surface area contributed by atoms with E-state index < -0.39 is 41.8 Å². The Morgan fingerprint density at radius 3 is 2.30 bits per heavy atom. The molecule has 0 spiro atoms. The normalized spacial score (nSPS) is 17.3. The first-order valence-corrected chi connectivity index (χ1v) is 13.6. The maximum Gasteiger partial charge on any atom is 0.471 e. The Kier molecular flexibility index (Phi) is 8.84. The molecule has 3 heterocycles. The molecule has 3 N–H and O–H groups in total. The van der Waals surface area contributed by atoms with E-state index in [-0.39, 0.29) is 41.5 Å². The number of nitrogens with zero attached hydrogens (tertiary/aromatic N) is 6. The van der Waals surface area contributed by atoms with Crippen molar-refractivity contribution in [3.05, 3.63) is 35.0 Å². The van der Waals surface area contributed by atoms with Crippen molar-refractivity contribution >= 4 is 41.2 Å². The van der Waals surface area contributed by atoms with Crippen molar-refractivity contribution in [1.82, 2.24) is 19.6 Å². The van der Waals surface area contributed by atoms with Crippen LogP contribution in [0.2, 0.25) is 0 Å². The van der Waals surface area contributed by atoms with E-state index in [1.54, 1.807) is 6.07 Å². The molecule has 1 saturated heterocycles. The molecule has 44 heavy (non-hydrogen) atoms. The van der Waals surface area contributed by atoms with Gasteiger partial charge in [-0.05, 0) is 46.0 Å². The molecule has 2 aliphatic rings. The van der Waals surface area contributed by atoms with Crippen LogP contribution in [0, 0.1) is 0 Å². The van der Waals surface area contributed by atoms with Gasteiger partial charge in [0.15, 0.2) is 5.82 Å². The summed E-state index contributed by atoms with van der Waals surface area (Å²) in [5, 5.41) is 25.9. The Morgan fingerprint density at radius 2 is 1.75 bits per heavy atom. The first-order valence-electron chi connectivity index (χ1n) is 13.6. The minimum absolute atomic E-state index is 0.0101. The number of nitrogens with one attached hydrogen (secondary N) is 1. The van der Waals surface area contributed by atoms with Gasteiger partial charge in [-0.2, -0.15) is 17.9 Å². The molecule has 0 unspecified atom stereocenters. The number of carbonyl (C=O) groups is 4. The molecule has 17 heteroatoms. The minimum atomic E-state index is -5.29. The highest BCUT2D eigenvalue weighted by molar-refractivity contribution is 6.12. The number of alkyl halides is 3. The number of methoxy groups -OCH3 is 1. The molecule has 1 aromatic heterocycles. The van der Waals surface area contributed by atoms with Gasteiger partial charge >= 0.3 is 24.3 Å². The lowest BCUT2D eigenvalue weighted by atomic mass is 10.0. The van der Waals surface area contributed by atoms with Crippen molar-refractivity contribution in [2.24, 2.45) is 0 Å². The monoisotopic (exact) mass is 625 g/mol. The van der Waals surface area contributed by atoms with E-state index in [0.29, 0.717) is 41.4 Å². The van der Waals surface area contributed by atoms with Gasteiger partial charge in [-0.15, -0.1) is 5.10 Å². The van der Waals surface area contributed by atoms with Gasteiger partial charge in [-0.3, -0.25) is 19.4 Å². The number of ether oxygens (including phenoxy) is 1. The van der Waals surface area contributed by atoms with Crippen LogP contribution < -0.4 is 15.1 Å². The van der Waals surface area contributed by atoms with Crippen molar-refractivity contribution < 1.29 is 47.3 Å². The number of amides is 3. The lowest BCUT2D eigenvalue weighted by molar-refractivity contribution is -0.171. The Labute approximate surface area is 250 Å².